The first-order valence-corrected chi connectivity index (χ1v) is 10.5. The first-order chi connectivity index (χ1) is 14.0. The molecule has 0 saturated heterocycles. The van der Waals surface area contributed by atoms with Gasteiger partial charge in [0.05, 0.1) is 10.9 Å². The van der Waals surface area contributed by atoms with Crippen molar-refractivity contribution in [3.8, 4) is 0 Å². The van der Waals surface area contributed by atoms with E-state index in [4.69, 9.17) is 4.74 Å². The van der Waals surface area contributed by atoms with Crippen molar-refractivity contribution in [3.05, 3.63) is 40.4 Å². The van der Waals surface area contributed by atoms with E-state index >= 15 is 0 Å². The Bertz CT molecular complexity index is 900. The Labute approximate surface area is 170 Å². The number of H-pyrrole nitrogens is 1. The fourth-order valence-electron chi connectivity index (χ4n) is 3.71. The molecule has 1 aliphatic carbocycles. The minimum absolute atomic E-state index is 0.164. The van der Waals surface area contributed by atoms with Crippen molar-refractivity contribution in [3.63, 3.8) is 0 Å². The van der Waals surface area contributed by atoms with Crippen molar-refractivity contribution in [2.24, 2.45) is 0 Å². The molecule has 156 valence electrons. The molecule has 1 amide bonds. The topological polar surface area (TPSA) is 101 Å². The predicted octanol–water partition coefficient (Wildman–Crippen LogP) is 3.02. The minimum atomic E-state index is -0.802. The number of esters is 1. The van der Waals surface area contributed by atoms with Gasteiger partial charge in [-0.25, -0.2) is 4.98 Å². The third kappa shape index (κ3) is 6.14. The van der Waals surface area contributed by atoms with Crippen LogP contribution in [0.5, 0.6) is 0 Å². The smallest absolute Gasteiger partial charge is 0.306 e. The van der Waals surface area contributed by atoms with Crippen LogP contribution in [0.4, 0.5) is 0 Å². The molecule has 7 heteroatoms. The van der Waals surface area contributed by atoms with Gasteiger partial charge in [0.1, 0.15) is 5.82 Å². The summed E-state index contributed by atoms with van der Waals surface area (Å²) in [6.07, 6.45) is 6.97. The van der Waals surface area contributed by atoms with E-state index in [1.165, 1.54) is 12.8 Å². The van der Waals surface area contributed by atoms with Crippen LogP contribution >= 0.6 is 0 Å². The monoisotopic (exact) mass is 399 g/mol. The fourth-order valence-corrected chi connectivity index (χ4v) is 3.71. The average Bonchev–Trinajstić information content (AvgIpc) is 2.96. The second kappa shape index (κ2) is 10.2. The van der Waals surface area contributed by atoms with Crippen LogP contribution in [-0.2, 0) is 20.7 Å². The molecule has 0 bridgehead atoms. The second-order valence-electron chi connectivity index (χ2n) is 7.71. The number of aromatic amines is 1. The van der Waals surface area contributed by atoms with E-state index in [1.54, 1.807) is 25.1 Å². The van der Waals surface area contributed by atoms with E-state index in [2.05, 4.69) is 15.3 Å². The first kappa shape index (κ1) is 21.0. The van der Waals surface area contributed by atoms with Gasteiger partial charge in [-0.15, -0.1) is 0 Å². The molecule has 1 atom stereocenters. The highest BCUT2D eigenvalue weighted by Gasteiger charge is 2.21. The van der Waals surface area contributed by atoms with Crippen LogP contribution in [0, 0.1) is 0 Å². The number of carbonyl (C=O) groups is 2. The van der Waals surface area contributed by atoms with Gasteiger partial charge in [-0.05, 0) is 38.3 Å². The molecule has 1 saturated carbocycles. The number of hydrogen-bond donors (Lipinski definition) is 2. The van der Waals surface area contributed by atoms with Crippen LogP contribution in [0.15, 0.2) is 29.1 Å². The maximum Gasteiger partial charge on any atom is 0.306 e. The SMILES string of the molecule is C[C@H](OC(=O)CCCc1nc2ccccc2c(=O)[nH]1)C(=O)NC1CCCCCC1. The van der Waals surface area contributed by atoms with Crippen molar-refractivity contribution in [2.75, 3.05) is 0 Å². The number of hydrogen-bond acceptors (Lipinski definition) is 5. The molecule has 1 fully saturated rings. The van der Waals surface area contributed by atoms with Crippen LogP contribution in [0.2, 0.25) is 0 Å². The van der Waals surface area contributed by atoms with Gasteiger partial charge >= 0.3 is 5.97 Å². The molecule has 2 aromatic rings. The molecular formula is C22H29N3O4. The average molecular weight is 399 g/mol. The number of aryl methyl sites for hydroxylation is 1. The van der Waals surface area contributed by atoms with Gasteiger partial charge < -0.3 is 15.0 Å². The van der Waals surface area contributed by atoms with Gasteiger partial charge in [0, 0.05) is 18.9 Å². The van der Waals surface area contributed by atoms with Crippen LogP contribution in [-0.4, -0.2) is 34.0 Å². The van der Waals surface area contributed by atoms with Crippen LogP contribution in [0.1, 0.15) is 64.1 Å². The minimum Gasteiger partial charge on any atom is -0.453 e. The number of nitrogens with zero attached hydrogens (tertiary/aromatic N) is 1. The number of aromatic nitrogens is 2. The third-order valence-corrected chi connectivity index (χ3v) is 5.34. The Hall–Kier alpha value is -2.70. The Balaban J connectivity index is 1.43. The molecule has 1 aliphatic rings. The number of para-hydroxylation sites is 1. The summed E-state index contributed by atoms with van der Waals surface area (Å²) in [5.41, 5.74) is 0.453. The van der Waals surface area contributed by atoms with E-state index in [9.17, 15) is 14.4 Å². The van der Waals surface area contributed by atoms with Gasteiger partial charge in [-0.1, -0.05) is 37.8 Å². The van der Waals surface area contributed by atoms with Crippen molar-refractivity contribution >= 4 is 22.8 Å². The van der Waals surface area contributed by atoms with E-state index in [-0.39, 0.29) is 23.9 Å². The predicted molar refractivity (Wildman–Crippen MR) is 110 cm³/mol. The second-order valence-corrected chi connectivity index (χ2v) is 7.71. The summed E-state index contributed by atoms with van der Waals surface area (Å²) in [4.78, 5) is 43.6. The van der Waals surface area contributed by atoms with Crippen molar-refractivity contribution in [1.29, 1.82) is 0 Å². The molecule has 29 heavy (non-hydrogen) atoms. The quantitative estimate of drug-likeness (QED) is 0.550. The molecule has 2 N–H and O–H groups in total. The Morgan fingerprint density at radius 2 is 1.93 bits per heavy atom. The molecule has 0 aliphatic heterocycles. The van der Waals surface area contributed by atoms with E-state index < -0.39 is 12.1 Å². The van der Waals surface area contributed by atoms with Crippen molar-refractivity contribution < 1.29 is 14.3 Å². The number of benzene rings is 1. The van der Waals surface area contributed by atoms with Gasteiger partial charge in [0.25, 0.3) is 11.5 Å². The number of amides is 1. The van der Waals surface area contributed by atoms with E-state index in [1.807, 2.05) is 6.07 Å². The van der Waals surface area contributed by atoms with E-state index in [0.717, 1.165) is 25.7 Å². The number of ether oxygens (including phenoxy) is 1. The third-order valence-electron chi connectivity index (χ3n) is 5.34. The summed E-state index contributed by atoms with van der Waals surface area (Å²) in [5.74, 6) is -0.108. The molecule has 0 spiro atoms. The Morgan fingerprint density at radius 3 is 2.69 bits per heavy atom. The summed E-state index contributed by atoms with van der Waals surface area (Å²) in [6.45, 7) is 1.60. The summed E-state index contributed by atoms with van der Waals surface area (Å²) in [5, 5.41) is 3.55. The zero-order valence-electron chi connectivity index (χ0n) is 16.9. The highest BCUT2D eigenvalue weighted by molar-refractivity contribution is 5.83. The van der Waals surface area contributed by atoms with Gasteiger partial charge in [-0.3, -0.25) is 14.4 Å². The Kier molecular flexibility index (Phi) is 7.38. The first-order valence-electron chi connectivity index (χ1n) is 10.5. The van der Waals surface area contributed by atoms with E-state index in [0.29, 0.717) is 29.6 Å². The molecule has 7 nitrogen and oxygen atoms in total. The zero-order chi connectivity index (χ0) is 20.6. The maximum absolute atomic E-state index is 12.3. The Morgan fingerprint density at radius 1 is 1.21 bits per heavy atom. The highest BCUT2D eigenvalue weighted by atomic mass is 16.5. The summed E-state index contributed by atoms with van der Waals surface area (Å²) < 4.78 is 5.27. The fraction of sp³-hybridized carbons (Fsp3) is 0.545. The summed E-state index contributed by atoms with van der Waals surface area (Å²) in [6, 6.07) is 7.32. The van der Waals surface area contributed by atoms with Crippen molar-refractivity contribution in [1.82, 2.24) is 15.3 Å². The highest BCUT2D eigenvalue weighted by Crippen LogP contribution is 2.17. The lowest BCUT2D eigenvalue weighted by Crippen LogP contribution is -2.41. The lowest BCUT2D eigenvalue weighted by Gasteiger charge is -2.19. The van der Waals surface area contributed by atoms with Gasteiger partial charge in [0.2, 0.25) is 0 Å². The number of rotatable bonds is 7. The standard InChI is InChI=1S/C22H29N3O4/c1-15(21(27)23-16-9-4-2-3-5-10-16)29-20(26)14-8-13-19-24-18-12-7-6-11-17(18)22(28)25-19/h6-7,11-12,15-16H,2-5,8-10,13-14H2,1H3,(H,23,27)(H,24,25,28)/t15-/m0/s1. The number of fused-ring (bicyclic) bond motifs is 1. The lowest BCUT2D eigenvalue weighted by molar-refractivity contribution is -0.155. The van der Waals surface area contributed by atoms with Crippen LogP contribution in [0.25, 0.3) is 10.9 Å². The molecule has 1 aromatic carbocycles. The normalized spacial score (nSPS) is 16.2. The molecular weight excluding hydrogens is 370 g/mol. The number of nitrogens with one attached hydrogen (secondary N) is 2. The zero-order valence-corrected chi connectivity index (χ0v) is 16.9. The molecule has 1 aromatic heterocycles. The largest absolute Gasteiger partial charge is 0.453 e. The summed E-state index contributed by atoms with van der Waals surface area (Å²) >= 11 is 0. The van der Waals surface area contributed by atoms with Crippen LogP contribution in [0.3, 0.4) is 0 Å². The van der Waals surface area contributed by atoms with Gasteiger partial charge in [-0.2, -0.15) is 0 Å². The van der Waals surface area contributed by atoms with Crippen LogP contribution < -0.4 is 10.9 Å². The van der Waals surface area contributed by atoms with Gasteiger partial charge in [0.15, 0.2) is 6.10 Å². The molecule has 0 radical (unpaired) electrons. The van der Waals surface area contributed by atoms with Crippen molar-refractivity contribution in [2.45, 2.75) is 76.9 Å². The molecule has 0 unspecified atom stereocenters. The molecule has 3 rings (SSSR count). The lowest BCUT2D eigenvalue weighted by atomic mass is 10.1. The molecule has 1 heterocycles. The summed E-state index contributed by atoms with van der Waals surface area (Å²) in [7, 11) is 0. The number of carbonyl (C=O) groups excluding carboxylic acids is 2. The maximum atomic E-state index is 12.3.